The van der Waals surface area contributed by atoms with Crippen LogP contribution in [0.3, 0.4) is 0 Å². The van der Waals surface area contributed by atoms with E-state index in [4.69, 9.17) is 0 Å². The topological polar surface area (TPSA) is 84.0 Å². The third-order valence-corrected chi connectivity index (χ3v) is 5.22. The molecule has 0 bridgehead atoms. The van der Waals surface area contributed by atoms with Crippen LogP contribution in [-0.2, 0) is 16.6 Å². The molecule has 8 heteroatoms. The molecule has 0 aliphatic heterocycles. The third-order valence-electron chi connectivity index (χ3n) is 2.41. The molecule has 0 spiro atoms. The number of nitrogens with one attached hydrogen (secondary N) is 2. The lowest BCUT2D eigenvalue weighted by Gasteiger charge is -2.08. The minimum atomic E-state index is -3.64. The van der Waals surface area contributed by atoms with Crippen molar-refractivity contribution in [3.63, 3.8) is 0 Å². The lowest BCUT2D eigenvalue weighted by molar-refractivity contribution is 0.599. The summed E-state index contributed by atoms with van der Waals surface area (Å²) >= 11 is 1.42. The van der Waals surface area contributed by atoms with E-state index in [2.05, 4.69) is 20.2 Å². The average molecular weight is 298 g/mol. The summed E-state index contributed by atoms with van der Waals surface area (Å²) in [4.78, 5) is 1.09. The Morgan fingerprint density at radius 1 is 1.42 bits per heavy atom. The van der Waals surface area contributed by atoms with Gasteiger partial charge in [-0.15, -0.1) is 16.4 Å². The summed E-state index contributed by atoms with van der Waals surface area (Å²) < 4.78 is 27.2. The molecule has 0 aliphatic rings. The second-order valence-corrected chi connectivity index (χ2v) is 6.50. The Labute approximate surface area is 115 Å². The van der Waals surface area contributed by atoms with Crippen LogP contribution in [0.4, 0.5) is 5.82 Å². The highest BCUT2D eigenvalue weighted by Gasteiger charge is 2.23. The Hall–Kier alpha value is -1.51. The van der Waals surface area contributed by atoms with Gasteiger partial charge in [0, 0.05) is 17.6 Å². The number of aromatic nitrogens is 2. The first-order valence-electron chi connectivity index (χ1n) is 5.56. The lowest BCUT2D eigenvalue weighted by Crippen LogP contribution is -2.17. The standard InChI is InChI=1S/C11H14N4O2S2/c1-8-7-18-9(6-12-2)11(8)19(16,17)15-10-4-3-5-13-14-10/h3-5,7,12H,6H2,1-2H3,(H,14,15). The van der Waals surface area contributed by atoms with Gasteiger partial charge in [-0.05, 0) is 37.0 Å². The van der Waals surface area contributed by atoms with E-state index in [9.17, 15) is 8.42 Å². The highest BCUT2D eigenvalue weighted by Crippen LogP contribution is 2.28. The van der Waals surface area contributed by atoms with E-state index in [-0.39, 0.29) is 5.82 Å². The zero-order valence-corrected chi connectivity index (χ0v) is 12.2. The molecule has 6 nitrogen and oxygen atoms in total. The van der Waals surface area contributed by atoms with Crippen LogP contribution in [0.2, 0.25) is 0 Å². The van der Waals surface area contributed by atoms with Gasteiger partial charge in [0.25, 0.3) is 10.0 Å². The molecule has 19 heavy (non-hydrogen) atoms. The van der Waals surface area contributed by atoms with Gasteiger partial charge < -0.3 is 5.32 Å². The SMILES string of the molecule is CNCc1scc(C)c1S(=O)(=O)Nc1cccnn1. The summed E-state index contributed by atoms with van der Waals surface area (Å²) in [6.07, 6.45) is 1.49. The van der Waals surface area contributed by atoms with Crippen LogP contribution in [0.5, 0.6) is 0 Å². The van der Waals surface area contributed by atoms with Crippen molar-refractivity contribution in [1.82, 2.24) is 15.5 Å². The monoisotopic (exact) mass is 298 g/mol. The van der Waals surface area contributed by atoms with E-state index in [1.54, 1.807) is 26.1 Å². The summed E-state index contributed by atoms with van der Waals surface area (Å²) in [5, 5.41) is 12.2. The van der Waals surface area contributed by atoms with Crippen LogP contribution in [0, 0.1) is 6.92 Å². The minimum Gasteiger partial charge on any atom is -0.315 e. The van der Waals surface area contributed by atoms with E-state index in [0.29, 0.717) is 11.4 Å². The van der Waals surface area contributed by atoms with Gasteiger partial charge in [0.05, 0.1) is 0 Å². The predicted octanol–water partition coefficient (Wildman–Crippen LogP) is 1.37. The number of aryl methyl sites for hydroxylation is 1. The van der Waals surface area contributed by atoms with Gasteiger partial charge in [-0.3, -0.25) is 4.72 Å². The van der Waals surface area contributed by atoms with E-state index in [1.165, 1.54) is 17.5 Å². The molecule has 0 saturated heterocycles. The first kappa shape index (κ1) is 13.9. The van der Waals surface area contributed by atoms with Crippen LogP contribution in [0.15, 0.2) is 28.6 Å². The molecule has 0 unspecified atom stereocenters. The van der Waals surface area contributed by atoms with Crippen molar-refractivity contribution in [3.05, 3.63) is 34.2 Å². The molecule has 2 heterocycles. The Morgan fingerprint density at radius 3 is 2.84 bits per heavy atom. The smallest absolute Gasteiger partial charge is 0.264 e. The molecule has 2 N–H and O–H groups in total. The minimum absolute atomic E-state index is 0.212. The first-order valence-corrected chi connectivity index (χ1v) is 7.93. The van der Waals surface area contributed by atoms with E-state index in [0.717, 1.165) is 10.4 Å². The van der Waals surface area contributed by atoms with E-state index in [1.807, 2.05) is 5.38 Å². The molecule has 0 saturated carbocycles. The highest BCUT2D eigenvalue weighted by atomic mass is 32.2. The average Bonchev–Trinajstić information content (AvgIpc) is 2.72. The number of hydrogen-bond acceptors (Lipinski definition) is 6. The predicted molar refractivity (Wildman–Crippen MR) is 74.7 cm³/mol. The summed E-state index contributed by atoms with van der Waals surface area (Å²) in [7, 11) is -1.86. The summed E-state index contributed by atoms with van der Waals surface area (Å²) in [6, 6.07) is 3.18. The largest absolute Gasteiger partial charge is 0.315 e. The Morgan fingerprint density at radius 2 is 2.21 bits per heavy atom. The molecule has 2 rings (SSSR count). The molecular weight excluding hydrogens is 284 g/mol. The lowest BCUT2D eigenvalue weighted by atomic mass is 10.3. The maximum absolute atomic E-state index is 12.4. The van der Waals surface area contributed by atoms with Gasteiger partial charge in [-0.25, -0.2) is 8.42 Å². The zero-order valence-electron chi connectivity index (χ0n) is 10.5. The molecule has 0 fully saturated rings. The maximum atomic E-state index is 12.4. The van der Waals surface area contributed by atoms with Crippen molar-refractivity contribution >= 4 is 27.2 Å². The summed E-state index contributed by atoms with van der Waals surface area (Å²) in [5.74, 6) is 0.212. The van der Waals surface area contributed by atoms with Gasteiger partial charge in [0.1, 0.15) is 4.90 Å². The van der Waals surface area contributed by atoms with Gasteiger partial charge in [0.2, 0.25) is 0 Å². The summed E-state index contributed by atoms with van der Waals surface area (Å²) in [5.41, 5.74) is 0.728. The van der Waals surface area contributed by atoms with Crippen LogP contribution < -0.4 is 10.0 Å². The Bertz CT molecular complexity index is 653. The van der Waals surface area contributed by atoms with Gasteiger partial charge in [-0.2, -0.15) is 5.10 Å². The quantitative estimate of drug-likeness (QED) is 0.871. The molecule has 2 aromatic heterocycles. The number of rotatable bonds is 5. The molecule has 0 atom stereocenters. The van der Waals surface area contributed by atoms with Crippen molar-refractivity contribution in [2.24, 2.45) is 0 Å². The third kappa shape index (κ3) is 3.09. The van der Waals surface area contributed by atoms with Crippen LogP contribution >= 0.6 is 11.3 Å². The van der Waals surface area contributed by atoms with Crippen LogP contribution in [-0.4, -0.2) is 25.7 Å². The zero-order chi connectivity index (χ0) is 13.9. The Balaban J connectivity index is 2.37. The number of thiophene rings is 1. The number of nitrogens with zero attached hydrogens (tertiary/aromatic N) is 2. The highest BCUT2D eigenvalue weighted by molar-refractivity contribution is 7.93. The van der Waals surface area contributed by atoms with E-state index < -0.39 is 10.0 Å². The fourth-order valence-electron chi connectivity index (χ4n) is 1.68. The van der Waals surface area contributed by atoms with Gasteiger partial charge in [0.15, 0.2) is 5.82 Å². The van der Waals surface area contributed by atoms with Gasteiger partial charge >= 0.3 is 0 Å². The van der Waals surface area contributed by atoms with Crippen molar-refractivity contribution in [3.8, 4) is 0 Å². The molecular formula is C11H14N4O2S2. The number of hydrogen-bond donors (Lipinski definition) is 2. The molecule has 102 valence electrons. The van der Waals surface area contributed by atoms with Gasteiger partial charge in [-0.1, -0.05) is 0 Å². The summed E-state index contributed by atoms with van der Waals surface area (Å²) in [6.45, 7) is 2.29. The van der Waals surface area contributed by atoms with Crippen molar-refractivity contribution < 1.29 is 8.42 Å². The maximum Gasteiger partial charge on any atom is 0.264 e. The van der Waals surface area contributed by atoms with Crippen molar-refractivity contribution in [2.75, 3.05) is 11.8 Å². The molecule has 0 aromatic carbocycles. The fraction of sp³-hybridized carbons (Fsp3) is 0.273. The molecule has 0 aliphatic carbocycles. The second kappa shape index (κ2) is 5.64. The van der Waals surface area contributed by atoms with E-state index >= 15 is 0 Å². The van der Waals surface area contributed by atoms with Crippen LogP contribution in [0.1, 0.15) is 10.4 Å². The normalized spacial score (nSPS) is 11.5. The molecule has 0 radical (unpaired) electrons. The molecule has 0 amide bonds. The fourth-order valence-corrected chi connectivity index (χ4v) is 4.50. The Kier molecular flexibility index (Phi) is 4.13. The van der Waals surface area contributed by atoms with Crippen LogP contribution in [0.25, 0.3) is 0 Å². The number of sulfonamides is 1. The number of anilines is 1. The molecule has 2 aromatic rings. The first-order chi connectivity index (χ1) is 9.04. The van der Waals surface area contributed by atoms with Crippen molar-refractivity contribution in [2.45, 2.75) is 18.4 Å². The van der Waals surface area contributed by atoms with Crippen molar-refractivity contribution in [1.29, 1.82) is 0 Å². The second-order valence-electron chi connectivity index (χ2n) is 3.92.